The summed E-state index contributed by atoms with van der Waals surface area (Å²) in [6.45, 7) is 3.99. The first kappa shape index (κ1) is 16.9. The first-order valence-corrected chi connectivity index (χ1v) is 8.24. The number of hydrogen-bond donors (Lipinski definition) is 1. The molecule has 1 aromatic heterocycles. The summed E-state index contributed by atoms with van der Waals surface area (Å²) in [6, 6.07) is 1.98. The van der Waals surface area contributed by atoms with Crippen LogP contribution in [-0.2, 0) is 14.3 Å². The molecule has 0 aliphatic carbocycles. The van der Waals surface area contributed by atoms with Gasteiger partial charge in [-0.05, 0) is 36.4 Å². The summed E-state index contributed by atoms with van der Waals surface area (Å²) in [5, 5.41) is 12.8. The smallest absolute Gasteiger partial charge is 0.317 e. The zero-order valence-electron chi connectivity index (χ0n) is 12.9. The molecule has 0 saturated carbocycles. The SMILES string of the molecule is CC(C(=O)N1CCOC(CN(C)CC(=O)O)C1)c1ccsc1. The van der Waals surface area contributed by atoms with Crippen molar-refractivity contribution in [2.45, 2.75) is 18.9 Å². The molecule has 1 saturated heterocycles. The van der Waals surface area contributed by atoms with Crippen LogP contribution < -0.4 is 0 Å². The number of thiophene rings is 1. The fourth-order valence-corrected chi connectivity index (χ4v) is 3.36. The molecule has 1 N–H and O–H groups in total. The predicted molar refractivity (Wildman–Crippen MR) is 84.2 cm³/mol. The van der Waals surface area contributed by atoms with Crippen LogP contribution in [0.25, 0.3) is 0 Å². The summed E-state index contributed by atoms with van der Waals surface area (Å²) >= 11 is 1.59. The van der Waals surface area contributed by atoms with Crippen LogP contribution in [-0.4, -0.2) is 72.7 Å². The highest BCUT2D eigenvalue weighted by Gasteiger charge is 2.28. The van der Waals surface area contributed by atoms with E-state index in [0.717, 1.165) is 5.56 Å². The van der Waals surface area contributed by atoms with E-state index in [1.807, 2.05) is 28.7 Å². The summed E-state index contributed by atoms with van der Waals surface area (Å²) in [7, 11) is 1.74. The van der Waals surface area contributed by atoms with Gasteiger partial charge in [-0.1, -0.05) is 0 Å². The molecule has 0 bridgehead atoms. The number of carbonyl (C=O) groups is 2. The van der Waals surface area contributed by atoms with Crippen molar-refractivity contribution in [3.05, 3.63) is 22.4 Å². The van der Waals surface area contributed by atoms with Crippen LogP contribution in [0.15, 0.2) is 16.8 Å². The maximum atomic E-state index is 12.6. The second-order valence-electron chi connectivity index (χ2n) is 5.65. The Kier molecular flexibility index (Phi) is 5.93. The third-order valence-electron chi connectivity index (χ3n) is 3.78. The van der Waals surface area contributed by atoms with Crippen LogP contribution in [0.1, 0.15) is 18.4 Å². The molecule has 22 heavy (non-hydrogen) atoms. The molecule has 1 fully saturated rings. The van der Waals surface area contributed by atoms with Gasteiger partial charge in [0, 0.05) is 19.6 Å². The van der Waals surface area contributed by atoms with Crippen LogP contribution in [0.3, 0.4) is 0 Å². The van der Waals surface area contributed by atoms with Crippen LogP contribution in [0.2, 0.25) is 0 Å². The van der Waals surface area contributed by atoms with Gasteiger partial charge in [0.15, 0.2) is 0 Å². The van der Waals surface area contributed by atoms with Crippen molar-refractivity contribution in [1.82, 2.24) is 9.80 Å². The molecule has 0 spiro atoms. The van der Waals surface area contributed by atoms with Gasteiger partial charge in [0.2, 0.25) is 5.91 Å². The molecule has 1 aliphatic heterocycles. The Morgan fingerprint density at radius 2 is 2.36 bits per heavy atom. The van der Waals surface area contributed by atoms with E-state index in [1.54, 1.807) is 23.3 Å². The van der Waals surface area contributed by atoms with E-state index in [4.69, 9.17) is 9.84 Å². The van der Waals surface area contributed by atoms with Crippen molar-refractivity contribution in [1.29, 1.82) is 0 Å². The highest BCUT2D eigenvalue weighted by molar-refractivity contribution is 7.08. The molecule has 0 radical (unpaired) electrons. The average Bonchev–Trinajstić information content (AvgIpc) is 2.99. The normalized spacial score (nSPS) is 20.1. The number of carboxylic acids is 1. The van der Waals surface area contributed by atoms with Gasteiger partial charge in [0.1, 0.15) is 0 Å². The Bertz CT molecular complexity index is 506. The minimum atomic E-state index is -0.864. The molecule has 1 amide bonds. The largest absolute Gasteiger partial charge is 0.480 e. The molecule has 0 aromatic carbocycles. The standard InChI is InChI=1S/C15H22N2O4S/c1-11(12-3-6-22-10-12)15(20)17-4-5-21-13(8-17)7-16(2)9-14(18)19/h3,6,10-11,13H,4-5,7-9H2,1-2H3,(H,18,19). The van der Waals surface area contributed by atoms with E-state index in [9.17, 15) is 9.59 Å². The zero-order chi connectivity index (χ0) is 16.1. The second-order valence-corrected chi connectivity index (χ2v) is 6.43. The fourth-order valence-electron chi connectivity index (χ4n) is 2.61. The van der Waals surface area contributed by atoms with Crippen LogP contribution in [0, 0.1) is 0 Å². The molecule has 1 aromatic rings. The van der Waals surface area contributed by atoms with E-state index < -0.39 is 5.97 Å². The minimum Gasteiger partial charge on any atom is -0.480 e. The molecule has 2 atom stereocenters. The Balaban J connectivity index is 1.89. The van der Waals surface area contributed by atoms with E-state index in [1.165, 1.54) is 0 Å². The lowest BCUT2D eigenvalue weighted by atomic mass is 10.0. The number of ether oxygens (including phenoxy) is 1. The van der Waals surface area contributed by atoms with Crippen LogP contribution in [0.5, 0.6) is 0 Å². The molecule has 2 unspecified atom stereocenters. The number of carbonyl (C=O) groups excluding carboxylic acids is 1. The van der Waals surface area contributed by atoms with Crippen molar-refractivity contribution in [2.24, 2.45) is 0 Å². The molecular formula is C15H22N2O4S. The van der Waals surface area contributed by atoms with Gasteiger partial charge < -0.3 is 14.7 Å². The fraction of sp³-hybridized carbons (Fsp3) is 0.600. The van der Waals surface area contributed by atoms with Crippen LogP contribution in [0.4, 0.5) is 0 Å². The van der Waals surface area contributed by atoms with Crippen molar-refractivity contribution in [3.8, 4) is 0 Å². The van der Waals surface area contributed by atoms with Crippen molar-refractivity contribution in [3.63, 3.8) is 0 Å². The minimum absolute atomic E-state index is 0.0287. The number of nitrogens with zero attached hydrogens (tertiary/aromatic N) is 2. The lowest BCUT2D eigenvalue weighted by Gasteiger charge is -2.35. The lowest BCUT2D eigenvalue weighted by Crippen LogP contribution is -2.50. The van der Waals surface area contributed by atoms with Gasteiger partial charge in [-0.2, -0.15) is 11.3 Å². The quantitative estimate of drug-likeness (QED) is 0.847. The van der Waals surface area contributed by atoms with Gasteiger partial charge in [-0.3, -0.25) is 14.5 Å². The van der Waals surface area contributed by atoms with Crippen molar-refractivity contribution in [2.75, 3.05) is 39.8 Å². The van der Waals surface area contributed by atoms with E-state index in [-0.39, 0.29) is 24.5 Å². The van der Waals surface area contributed by atoms with E-state index >= 15 is 0 Å². The monoisotopic (exact) mass is 326 g/mol. The van der Waals surface area contributed by atoms with Gasteiger partial charge >= 0.3 is 5.97 Å². The average molecular weight is 326 g/mol. The molecule has 122 valence electrons. The van der Waals surface area contributed by atoms with E-state index in [2.05, 4.69) is 0 Å². The first-order chi connectivity index (χ1) is 10.5. The second kappa shape index (κ2) is 7.71. The zero-order valence-corrected chi connectivity index (χ0v) is 13.7. The lowest BCUT2D eigenvalue weighted by molar-refractivity contribution is -0.143. The number of hydrogen-bond acceptors (Lipinski definition) is 5. The maximum Gasteiger partial charge on any atom is 0.317 e. The van der Waals surface area contributed by atoms with Crippen molar-refractivity contribution < 1.29 is 19.4 Å². The topological polar surface area (TPSA) is 70.1 Å². The number of carboxylic acid groups (broad SMARTS) is 1. The molecule has 7 heteroatoms. The highest BCUT2D eigenvalue weighted by atomic mass is 32.1. The Hall–Kier alpha value is -1.44. The number of rotatable bonds is 6. The Labute approximate surface area is 134 Å². The number of likely N-dealkylation sites (N-methyl/N-ethyl adjacent to an activating group) is 1. The third-order valence-corrected chi connectivity index (χ3v) is 4.49. The number of morpholine rings is 1. The molecule has 1 aliphatic rings. The van der Waals surface area contributed by atoms with Gasteiger partial charge in [0.05, 0.1) is 25.2 Å². The Morgan fingerprint density at radius 1 is 1.59 bits per heavy atom. The van der Waals surface area contributed by atoms with Crippen molar-refractivity contribution >= 4 is 23.2 Å². The van der Waals surface area contributed by atoms with E-state index in [0.29, 0.717) is 26.2 Å². The summed E-state index contributed by atoms with van der Waals surface area (Å²) in [4.78, 5) is 26.8. The molecule has 6 nitrogen and oxygen atoms in total. The Morgan fingerprint density at radius 3 is 3.00 bits per heavy atom. The van der Waals surface area contributed by atoms with Crippen LogP contribution >= 0.6 is 11.3 Å². The van der Waals surface area contributed by atoms with Gasteiger partial charge in [-0.25, -0.2) is 0 Å². The highest BCUT2D eigenvalue weighted by Crippen LogP contribution is 2.21. The summed E-state index contributed by atoms with van der Waals surface area (Å²) in [6.07, 6.45) is -0.142. The number of amides is 1. The van der Waals surface area contributed by atoms with Gasteiger partial charge in [0.25, 0.3) is 0 Å². The maximum absolute atomic E-state index is 12.6. The summed E-state index contributed by atoms with van der Waals surface area (Å²) < 4.78 is 5.65. The number of aliphatic carboxylic acids is 1. The molecule has 2 rings (SSSR count). The molecule has 2 heterocycles. The predicted octanol–water partition coefficient (Wildman–Crippen LogP) is 1.10. The van der Waals surface area contributed by atoms with Gasteiger partial charge in [-0.15, -0.1) is 0 Å². The molecular weight excluding hydrogens is 304 g/mol. The third kappa shape index (κ3) is 4.53. The summed E-state index contributed by atoms with van der Waals surface area (Å²) in [5.41, 5.74) is 1.04. The summed E-state index contributed by atoms with van der Waals surface area (Å²) in [5.74, 6) is -0.911. The first-order valence-electron chi connectivity index (χ1n) is 7.30.